The fourth-order valence-corrected chi connectivity index (χ4v) is 3.55. The maximum Gasteiger partial charge on any atom is 0.255 e. The first kappa shape index (κ1) is 23.2. The highest BCUT2D eigenvalue weighted by Gasteiger charge is 2.15. The van der Waals surface area contributed by atoms with Gasteiger partial charge in [-0.25, -0.2) is 0 Å². The number of carbonyl (C=O) groups is 1. The van der Waals surface area contributed by atoms with Crippen molar-refractivity contribution in [2.45, 2.75) is 40.2 Å². The average molecular weight is 434 g/mol. The molecule has 5 nitrogen and oxygen atoms in total. The van der Waals surface area contributed by atoms with Gasteiger partial charge in [-0.15, -0.1) is 0 Å². The number of benzene rings is 3. The first-order chi connectivity index (χ1) is 15.6. The molecule has 0 aliphatic rings. The summed E-state index contributed by atoms with van der Waals surface area (Å²) >= 11 is 0. The van der Waals surface area contributed by atoms with E-state index in [9.17, 15) is 4.79 Å². The van der Waals surface area contributed by atoms with Crippen molar-refractivity contribution in [1.29, 1.82) is 0 Å². The van der Waals surface area contributed by atoms with Gasteiger partial charge in [0.25, 0.3) is 5.91 Å². The Kier molecular flexibility index (Phi) is 8.14. The summed E-state index contributed by atoms with van der Waals surface area (Å²) in [5, 5.41) is 3.13. The van der Waals surface area contributed by atoms with Gasteiger partial charge in [-0.05, 0) is 73.4 Å². The summed E-state index contributed by atoms with van der Waals surface area (Å²) in [6.07, 6.45) is 1.71. The van der Waals surface area contributed by atoms with Crippen molar-refractivity contribution in [2.24, 2.45) is 0 Å². The number of nitrogens with one attached hydrogen (secondary N) is 1. The molecule has 1 amide bonds. The number of para-hydroxylation sites is 1. The van der Waals surface area contributed by atoms with E-state index >= 15 is 0 Å². The lowest BCUT2D eigenvalue weighted by atomic mass is 10.0. The Bertz CT molecular complexity index is 1020. The van der Waals surface area contributed by atoms with Crippen molar-refractivity contribution in [2.75, 3.05) is 19.0 Å². The highest BCUT2D eigenvalue weighted by atomic mass is 16.5. The van der Waals surface area contributed by atoms with E-state index in [4.69, 9.17) is 14.2 Å². The van der Waals surface area contributed by atoms with E-state index in [0.29, 0.717) is 23.7 Å². The molecule has 0 aliphatic heterocycles. The zero-order valence-electron chi connectivity index (χ0n) is 19.2. The largest absolute Gasteiger partial charge is 0.497 e. The molecule has 0 spiro atoms. The minimum atomic E-state index is -0.144. The number of hydrogen-bond acceptors (Lipinski definition) is 4. The van der Waals surface area contributed by atoms with Crippen LogP contribution in [-0.2, 0) is 19.4 Å². The molecule has 0 saturated heterocycles. The summed E-state index contributed by atoms with van der Waals surface area (Å²) < 4.78 is 16.9. The van der Waals surface area contributed by atoms with Gasteiger partial charge < -0.3 is 19.5 Å². The summed E-state index contributed by atoms with van der Waals surface area (Å²) in [7, 11) is 1.63. The van der Waals surface area contributed by atoms with Crippen molar-refractivity contribution >= 4 is 11.6 Å². The molecule has 0 unspecified atom stereocenters. The Morgan fingerprint density at radius 3 is 2.06 bits per heavy atom. The number of rotatable bonds is 10. The van der Waals surface area contributed by atoms with Crippen LogP contribution in [0.3, 0.4) is 0 Å². The van der Waals surface area contributed by atoms with Crippen molar-refractivity contribution in [3.63, 3.8) is 0 Å². The Balaban J connectivity index is 1.82. The molecule has 32 heavy (non-hydrogen) atoms. The fourth-order valence-electron chi connectivity index (χ4n) is 3.55. The highest BCUT2D eigenvalue weighted by Crippen LogP contribution is 2.26. The molecule has 0 heterocycles. The van der Waals surface area contributed by atoms with Gasteiger partial charge in [-0.1, -0.05) is 32.0 Å². The van der Waals surface area contributed by atoms with Gasteiger partial charge >= 0.3 is 0 Å². The molecular formula is C27H31NO4. The fraction of sp³-hybridized carbons (Fsp3) is 0.296. The third-order valence-electron chi connectivity index (χ3n) is 5.31. The Morgan fingerprint density at radius 2 is 1.47 bits per heavy atom. The van der Waals surface area contributed by atoms with E-state index in [1.165, 1.54) is 0 Å². The predicted octanol–water partition coefficient (Wildman–Crippen LogP) is 6.05. The summed E-state index contributed by atoms with van der Waals surface area (Å²) in [6, 6.07) is 19.0. The monoisotopic (exact) mass is 433 g/mol. The van der Waals surface area contributed by atoms with Crippen LogP contribution < -0.4 is 19.5 Å². The molecular weight excluding hydrogens is 402 g/mol. The summed E-state index contributed by atoms with van der Waals surface area (Å²) in [4.78, 5) is 13.1. The molecule has 0 saturated carbocycles. The van der Waals surface area contributed by atoms with Crippen LogP contribution in [0.15, 0.2) is 60.7 Å². The Labute approximate surface area is 190 Å². The third-order valence-corrected chi connectivity index (χ3v) is 5.31. The van der Waals surface area contributed by atoms with Gasteiger partial charge in [0.1, 0.15) is 23.9 Å². The standard InChI is InChI=1S/C27H31NO4/c1-5-19-9-8-10-20(6-2)26(19)28-27(29)21-11-16-25(31-7-3)22(17-21)18-32-24-14-12-23(30-4)13-15-24/h8-17H,5-7,18H2,1-4H3,(H,28,29). The number of amides is 1. The van der Waals surface area contributed by atoms with Crippen LogP contribution in [0.2, 0.25) is 0 Å². The van der Waals surface area contributed by atoms with Gasteiger partial charge in [-0.3, -0.25) is 4.79 Å². The van der Waals surface area contributed by atoms with Gasteiger partial charge in [0.2, 0.25) is 0 Å². The van der Waals surface area contributed by atoms with E-state index in [2.05, 4.69) is 31.3 Å². The predicted molar refractivity (Wildman–Crippen MR) is 128 cm³/mol. The third kappa shape index (κ3) is 5.61. The Hall–Kier alpha value is -3.47. The molecule has 3 rings (SSSR count). The van der Waals surface area contributed by atoms with Gasteiger partial charge in [-0.2, -0.15) is 0 Å². The zero-order chi connectivity index (χ0) is 22.9. The quantitative estimate of drug-likeness (QED) is 0.423. The first-order valence-electron chi connectivity index (χ1n) is 11.0. The van der Waals surface area contributed by atoms with E-state index in [-0.39, 0.29) is 12.5 Å². The second-order valence-electron chi connectivity index (χ2n) is 7.33. The number of anilines is 1. The van der Waals surface area contributed by atoms with Crippen molar-refractivity contribution in [1.82, 2.24) is 0 Å². The second-order valence-corrected chi connectivity index (χ2v) is 7.33. The summed E-state index contributed by atoms with van der Waals surface area (Å²) in [5.41, 5.74) is 4.55. The zero-order valence-corrected chi connectivity index (χ0v) is 19.2. The number of methoxy groups -OCH3 is 1. The van der Waals surface area contributed by atoms with E-state index in [0.717, 1.165) is 41.0 Å². The number of aryl methyl sites for hydroxylation is 2. The average Bonchev–Trinajstić information content (AvgIpc) is 2.83. The van der Waals surface area contributed by atoms with Crippen molar-refractivity contribution in [3.8, 4) is 17.2 Å². The van der Waals surface area contributed by atoms with Gasteiger partial charge in [0.15, 0.2) is 0 Å². The molecule has 0 aliphatic carbocycles. The van der Waals surface area contributed by atoms with Crippen LogP contribution in [0.1, 0.15) is 47.8 Å². The van der Waals surface area contributed by atoms with Gasteiger partial charge in [0, 0.05) is 16.8 Å². The lowest BCUT2D eigenvalue weighted by Crippen LogP contribution is -2.15. The number of hydrogen-bond donors (Lipinski definition) is 1. The number of carbonyl (C=O) groups excluding carboxylic acids is 1. The van der Waals surface area contributed by atoms with Crippen molar-refractivity contribution < 1.29 is 19.0 Å². The second kappa shape index (κ2) is 11.2. The number of ether oxygens (including phenoxy) is 3. The summed E-state index contributed by atoms with van der Waals surface area (Å²) in [5.74, 6) is 2.05. The molecule has 0 radical (unpaired) electrons. The maximum atomic E-state index is 13.1. The molecule has 0 atom stereocenters. The van der Waals surface area contributed by atoms with E-state index in [1.54, 1.807) is 13.2 Å². The molecule has 3 aromatic rings. The topological polar surface area (TPSA) is 56.8 Å². The lowest BCUT2D eigenvalue weighted by molar-refractivity contribution is 0.102. The van der Waals surface area contributed by atoms with Crippen molar-refractivity contribution in [3.05, 3.63) is 82.9 Å². The Morgan fingerprint density at radius 1 is 0.812 bits per heavy atom. The molecule has 1 N–H and O–H groups in total. The molecule has 3 aromatic carbocycles. The van der Waals surface area contributed by atoms with E-state index in [1.807, 2.05) is 49.4 Å². The smallest absolute Gasteiger partial charge is 0.255 e. The molecule has 168 valence electrons. The molecule has 0 fully saturated rings. The minimum Gasteiger partial charge on any atom is -0.497 e. The van der Waals surface area contributed by atoms with Crippen LogP contribution >= 0.6 is 0 Å². The van der Waals surface area contributed by atoms with Gasteiger partial charge in [0.05, 0.1) is 13.7 Å². The lowest BCUT2D eigenvalue weighted by Gasteiger charge is -2.16. The van der Waals surface area contributed by atoms with Crippen LogP contribution in [-0.4, -0.2) is 19.6 Å². The van der Waals surface area contributed by atoms with Crippen LogP contribution in [0, 0.1) is 0 Å². The van der Waals surface area contributed by atoms with Crippen LogP contribution in [0.5, 0.6) is 17.2 Å². The SMILES string of the molecule is CCOc1ccc(C(=O)Nc2c(CC)cccc2CC)cc1COc1ccc(OC)cc1. The molecule has 5 heteroatoms. The first-order valence-corrected chi connectivity index (χ1v) is 11.0. The summed E-state index contributed by atoms with van der Waals surface area (Å²) in [6.45, 7) is 6.94. The highest BCUT2D eigenvalue weighted by molar-refractivity contribution is 6.05. The van der Waals surface area contributed by atoms with E-state index < -0.39 is 0 Å². The molecule has 0 aromatic heterocycles. The normalized spacial score (nSPS) is 10.5. The molecule has 0 bridgehead atoms. The van der Waals surface area contributed by atoms with Crippen LogP contribution in [0.4, 0.5) is 5.69 Å². The maximum absolute atomic E-state index is 13.1. The van der Waals surface area contributed by atoms with Crippen LogP contribution in [0.25, 0.3) is 0 Å². The minimum absolute atomic E-state index is 0.144.